The van der Waals surface area contributed by atoms with Crippen LogP contribution in [0.1, 0.15) is 16.8 Å². The second-order valence-electron chi connectivity index (χ2n) is 5.88. The second kappa shape index (κ2) is 8.14. The second-order valence-corrected chi connectivity index (χ2v) is 6.24. The SMILES string of the molecule is Cc1nn(Cc2ccccc2)c(Cl)c1/C=C/C(=O)Nc1ccc(F)cc1F. The molecular formula is C20H16ClF2N3O. The molecule has 0 saturated carbocycles. The van der Waals surface area contributed by atoms with Crippen molar-refractivity contribution in [3.63, 3.8) is 0 Å². The molecule has 0 saturated heterocycles. The Morgan fingerprint density at radius 1 is 1.22 bits per heavy atom. The van der Waals surface area contributed by atoms with Gasteiger partial charge in [0.1, 0.15) is 16.8 Å². The van der Waals surface area contributed by atoms with E-state index in [1.165, 1.54) is 12.2 Å². The number of aromatic nitrogens is 2. The first-order chi connectivity index (χ1) is 12.9. The summed E-state index contributed by atoms with van der Waals surface area (Å²) < 4.78 is 28.2. The summed E-state index contributed by atoms with van der Waals surface area (Å²) in [7, 11) is 0. The fourth-order valence-electron chi connectivity index (χ4n) is 2.54. The summed E-state index contributed by atoms with van der Waals surface area (Å²) in [6.07, 6.45) is 2.74. The number of amides is 1. The van der Waals surface area contributed by atoms with Crippen molar-refractivity contribution in [1.82, 2.24) is 9.78 Å². The molecule has 0 aliphatic rings. The lowest BCUT2D eigenvalue weighted by molar-refractivity contribution is -0.111. The molecule has 3 rings (SSSR count). The van der Waals surface area contributed by atoms with E-state index in [1.54, 1.807) is 11.6 Å². The predicted molar refractivity (Wildman–Crippen MR) is 102 cm³/mol. The molecule has 0 spiro atoms. The van der Waals surface area contributed by atoms with Crippen molar-refractivity contribution < 1.29 is 13.6 Å². The molecule has 1 aromatic heterocycles. The van der Waals surface area contributed by atoms with Gasteiger partial charge in [0, 0.05) is 17.7 Å². The smallest absolute Gasteiger partial charge is 0.248 e. The van der Waals surface area contributed by atoms with Gasteiger partial charge in [-0.2, -0.15) is 5.10 Å². The Balaban J connectivity index is 1.74. The number of carbonyl (C=O) groups excluding carboxylic acids is 1. The van der Waals surface area contributed by atoms with E-state index in [-0.39, 0.29) is 5.69 Å². The molecule has 1 N–H and O–H groups in total. The zero-order valence-electron chi connectivity index (χ0n) is 14.4. The molecule has 0 aliphatic carbocycles. The Kier molecular flexibility index (Phi) is 5.66. The largest absolute Gasteiger partial charge is 0.320 e. The number of benzene rings is 2. The summed E-state index contributed by atoms with van der Waals surface area (Å²) in [6, 6.07) is 12.6. The van der Waals surface area contributed by atoms with Crippen molar-refractivity contribution in [2.45, 2.75) is 13.5 Å². The molecule has 0 radical (unpaired) electrons. The van der Waals surface area contributed by atoms with Gasteiger partial charge >= 0.3 is 0 Å². The first kappa shape index (κ1) is 18.8. The van der Waals surface area contributed by atoms with E-state index in [4.69, 9.17) is 11.6 Å². The van der Waals surface area contributed by atoms with Crippen molar-refractivity contribution >= 4 is 29.3 Å². The third-order valence-electron chi connectivity index (χ3n) is 3.87. The highest BCUT2D eigenvalue weighted by molar-refractivity contribution is 6.31. The third-order valence-corrected chi connectivity index (χ3v) is 4.27. The van der Waals surface area contributed by atoms with Crippen molar-refractivity contribution in [1.29, 1.82) is 0 Å². The fraction of sp³-hybridized carbons (Fsp3) is 0.100. The lowest BCUT2D eigenvalue weighted by atomic mass is 10.2. The van der Waals surface area contributed by atoms with Gasteiger partial charge in [0.2, 0.25) is 5.91 Å². The number of hydrogen-bond acceptors (Lipinski definition) is 2. The minimum Gasteiger partial charge on any atom is -0.320 e. The Bertz CT molecular complexity index is 1000. The van der Waals surface area contributed by atoms with Crippen LogP contribution in [0.4, 0.5) is 14.5 Å². The molecule has 2 aromatic carbocycles. The number of rotatable bonds is 5. The minimum absolute atomic E-state index is 0.103. The summed E-state index contributed by atoms with van der Waals surface area (Å²) in [5.41, 5.74) is 2.20. The topological polar surface area (TPSA) is 46.9 Å². The number of aryl methyl sites for hydroxylation is 1. The summed E-state index contributed by atoms with van der Waals surface area (Å²) >= 11 is 6.38. The molecule has 138 valence electrons. The molecule has 0 fully saturated rings. The highest BCUT2D eigenvalue weighted by atomic mass is 35.5. The predicted octanol–water partition coefficient (Wildman–Crippen LogP) is 4.82. The number of halogens is 3. The monoisotopic (exact) mass is 387 g/mol. The molecule has 4 nitrogen and oxygen atoms in total. The van der Waals surface area contributed by atoms with Crippen LogP contribution in [0.5, 0.6) is 0 Å². The van der Waals surface area contributed by atoms with Crippen LogP contribution in [0, 0.1) is 18.6 Å². The maximum atomic E-state index is 13.6. The summed E-state index contributed by atoms with van der Waals surface area (Å²) in [4.78, 5) is 12.0. The molecule has 0 unspecified atom stereocenters. The molecule has 0 aliphatic heterocycles. The molecule has 0 atom stereocenters. The van der Waals surface area contributed by atoms with Gasteiger partial charge in [-0.3, -0.25) is 4.79 Å². The highest BCUT2D eigenvalue weighted by Crippen LogP contribution is 2.22. The number of anilines is 1. The van der Waals surface area contributed by atoms with Crippen LogP contribution >= 0.6 is 11.6 Å². The molecule has 7 heteroatoms. The summed E-state index contributed by atoms with van der Waals surface area (Å²) in [5, 5.41) is 7.14. The van der Waals surface area contributed by atoms with E-state index in [0.29, 0.717) is 29.0 Å². The first-order valence-electron chi connectivity index (χ1n) is 8.15. The molecule has 1 heterocycles. The van der Waals surface area contributed by atoms with E-state index in [9.17, 15) is 13.6 Å². The molecule has 0 bridgehead atoms. The van der Waals surface area contributed by atoms with E-state index in [2.05, 4.69) is 10.4 Å². The number of nitrogens with zero attached hydrogens (tertiary/aromatic N) is 2. The van der Waals surface area contributed by atoms with E-state index in [0.717, 1.165) is 17.7 Å². The summed E-state index contributed by atoms with van der Waals surface area (Å²) in [5.74, 6) is -2.12. The van der Waals surface area contributed by atoms with Gasteiger partial charge in [-0.25, -0.2) is 13.5 Å². The zero-order valence-corrected chi connectivity index (χ0v) is 15.2. The van der Waals surface area contributed by atoms with Crippen LogP contribution in [-0.2, 0) is 11.3 Å². The van der Waals surface area contributed by atoms with Crippen LogP contribution < -0.4 is 5.32 Å². The minimum atomic E-state index is -0.846. The van der Waals surface area contributed by atoms with Crippen LogP contribution in [0.25, 0.3) is 6.08 Å². The van der Waals surface area contributed by atoms with Crippen LogP contribution in [0.2, 0.25) is 5.15 Å². The average molecular weight is 388 g/mol. The lowest BCUT2D eigenvalue weighted by Gasteiger charge is -2.04. The third kappa shape index (κ3) is 4.60. The maximum absolute atomic E-state index is 13.6. The van der Waals surface area contributed by atoms with Gasteiger partial charge in [-0.05, 0) is 30.7 Å². The maximum Gasteiger partial charge on any atom is 0.248 e. The fourth-order valence-corrected chi connectivity index (χ4v) is 2.84. The zero-order chi connectivity index (χ0) is 19.4. The average Bonchev–Trinajstić information content (AvgIpc) is 2.90. The molecule has 3 aromatic rings. The Hall–Kier alpha value is -2.99. The van der Waals surface area contributed by atoms with Crippen LogP contribution in [-0.4, -0.2) is 15.7 Å². The van der Waals surface area contributed by atoms with Crippen molar-refractivity contribution in [3.05, 3.63) is 88.2 Å². The van der Waals surface area contributed by atoms with Gasteiger partial charge in [-0.1, -0.05) is 41.9 Å². The molecular weight excluding hydrogens is 372 g/mol. The van der Waals surface area contributed by atoms with Crippen LogP contribution in [0.3, 0.4) is 0 Å². The van der Waals surface area contributed by atoms with Crippen molar-refractivity contribution in [2.75, 3.05) is 5.32 Å². The van der Waals surface area contributed by atoms with E-state index < -0.39 is 17.5 Å². The Labute approximate surface area is 160 Å². The van der Waals surface area contributed by atoms with E-state index >= 15 is 0 Å². The highest BCUT2D eigenvalue weighted by Gasteiger charge is 2.12. The first-order valence-corrected chi connectivity index (χ1v) is 8.53. The van der Waals surface area contributed by atoms with Gasteiger partial charge in [0.05, 0.1) is 17.9 Å². The van der Waals surface area contributed by atoms with Gasteiger partial charge < -0.3 is 5.32 Å². The van der Waals surface area contributed by atoms with Crippen molar-refractivity contribution in [3.8, 4) is 0 Å². The summed E-state index contributed by atoms with van der Waals surface area (Å²) in [6.45, 7) is 2.28. The lowest BCUT2D eigenvalue weighted by Crippen LogP contribution is -2.09. The van der Waals surface area contributed by atoms with Crippen LogP contribution in [0.15, 0.2) is 54.6 Å². The van der Waals surface area contributed by atoms with Crippen molar-refractivity contribution in [2.24, 2.45) is 0 Å². The number of nitrogens with one attached hydrogen (secondary N) is 1. The normalized spacial score (nSPS) is 11.1. The van der Waals surface area contributed by atoms with Gasteiger partial charge in [0.25, 0.3) is 0 Å². The number of carbonyl (C=O) groups is 1. The Morgan fingerprint density at radius 2 is 1.96 bits per heavy atom. The van der Waals surface area contributed by atoms with Gasteiger partial charge in [0.15, 0.2) is 0 Å². The molecule has 27 heavy (non-hydrogen) atoms. The van der Waals surface area contributed by atoms with Gasteiger partial charge in [-0.15, -0.1) is 0 Å². The quantitative estimate of drug-likeness (QED) is 0.638. The Morgan fingerprint density at radius 3 is 2.67 bits per heavy atom. The van der Waals surface area contributed by atoms with E-state index in [1.807, 2.05) is 30.3 Å². The number of hydrogen-bond donors (Lipinski definition) is 1. The standard InChI is InChI=1S/C20H16ClF2N3O/c1-13-16(20(21)26(25-13)12-14-5-3-2-4-6-14)8-10-19(27)24-18-9-7-15(22)11-17(18)23/h2-11H,12H2,1H3,(H,24,27)/b10-8+. The molecule has 1 amide bonds.